The zero-order valence-electron chi connectivity index (χ0n) is 16.8. The first-order valence-electron chi connectivity index (χ1n) is 9.44. The lowest BCUT2D eigenvalue weighted by Crippen LogP contribution is -2.47. The van der Waals surface area contributed by atoms with Crippen LogP contribution in [-0.2, 0) is 21.1 Å². The quantitative estimate of drug-likeness (QED) is 0.736. The summed E-state index contributed by atoms with van der Waals surface area (Å²) >= 11 is 0. The van der Waals surface area contributed by atoms with Crippen molar-refractivity contribution in [2.24, 2.45) is 0 Å². The molecule has 0 unspecified atom stereocenters. The number of carbonyl (C=O) groups excluding carboxylic acids is 3. The van der Waals surface area contributed by atoms with Crippen molar-refractivity contribution in [1.29, 1.82) is 0 Å². The van der Waals surface area contributed by atoms with Crippen molar-refractivity contribution in [3.63, 3.8) is 0 Å². The number of hydrogen-bond acceptors (Lipinski definition) is 5. The Morgan fingerprint density at radius 3 is 2.30 bits per heavy atom. The summed E-state index contributed by atoms with van der Waals surface area (Å²) in [5.74, 6) is -0.363. The Morgan fingerprint density at radius 2 is 1.67 bits per heavy atom. The number of benzene rings is 2. The van der Waals surface area contributed by atoms with E-state index in [-0.39, 0.29) is 23.0 Å². The third-order valence-corrected chi connectivity index (χ3v) is 5.91. The van der Waals surface area contributed by atoms with Crippen LogP contribution < -0.4 is 5.32 Å². The number of rotatable bonds is 5. The third kappa shape index (κ3) is 5.04. The molecule has 0 aromatic heterocycles. The smallest absolute Gasteiger partial charge is 0.306 e. The number of sulfone groups is 1. The summed E-state index contributed by atoms with van der Waals surface area (Å²) in [5, 5.41) is 5.48. The minimum Gasteiger partial charge on any atom is -0.306 e. The second-order valence-electron chi connectivity index (χ2n) is 7.15. The average Bonchev–Trinajstić information content (AvgIpc) is 3.18. The van der Waals surface area contributed by atoms with Gasteiger partial charge in [0.1, 0.15) is 0 Å². The van der Waals surface area contributed by atoms with Crippen molar-refractivity contribution in [1.82, 2.24) is 10.0 Å². The number of nitrogens with zero attached hydrogens (tertiary/aromatic N) is 2. The highest BCUT2D eigenvalue weighted by molar-refractivity contribution is 7.90. The number of ketones is 1. The molecular weight excluding hydrogens is 406 g/mol. The van der Waals surface area contributed by atoms with E-state index in [9.17, 15) is 22.8 Å². The van der Waals surface area contributed by atoms with Crippen LogP contribution in [0.2, 0.25) is 0 Å². The van der Waals surface area contributed by atoms with E-state index in [1.54, 1.807) is 36.4 Å². The molecule has 1 N–H and O–H groups in total. The highest BCUT2D eigenvalue weighted by Crippen LogP contribution is 2.18. The van der Waals surface area contributed by atoms with Crippen molar-refractivity contribution in [2.45, 2.75) is 24.7 Å². The van der Waals surface area contributed by atoms with Crippen LogP contribution in [0.15, 0.2) is 53.4 Å². The molecule has 0 atom stereocenters. The van der Waals surface area contributed by atoms with Gasteiger partial charge in [0, 0.05) is 30.6 Å². The first kappa shape index (κ1) is 21.5. The molecule has 1 saturated heterocycles. The van der Waals surface area contributed by atoms with Gasteiger partial charge in [-0.2, -0.15) is 0 Å². The van der Waals surface area contributed by atoms with E-state index in [1.165, 1.54) is 29.1 Å². The fourth-order valence-electron chi connectivity index (χ4n) is 3.21. The first-order chi connectivity index (χ1) is 14.1. The molecule has 1 heterocycles. The molecule has 0 saturated carbocycles. The molecule has 9 heteroatoms. The van der Waals surface area contributed by atoms with Gasteiger partial charge < -0.3 is 5.32 Å². The zero-order valence-corrected chi connectivity index (χ0v) is 17.6. The van der Waals surface area contributed by atoms with Crippen LogP contribution in [0.1, 0.15) is 29.3 Å². The van der Waals surface area contributed by atoms with Crippen molar-refractivity contribution < 1.29 is 22.8 Å². The molecule has 30 heavy (non-hydrogen) atoms. The van der Waals surface area contributed by atoms with Crippen LogP contribution >= 0.6 is 0 Å². The summed E-state index contributed by atoms with van der Waals surface area (Å²) in [6.07, 6.45) is 1.83. The maximum Gasteiger partial charge on any atom is 0.340 e. The van der Waals surface area contributed by atoms with Crippen LogP contribution in [-0.4, -0.2) is 55.5 Å². The van der Waals surface area contributed by atoms with Gasteiger partial charge in [-0.1, -0.05) is 24.3 Å². The molecule has 3 amide bonds. The minimum absolute atomic E-state index is 0.0492. The van der Waals surface area contributed by atoms with E-state index in [4.69, 9.17) is 0 Å². The normalized spacial score (nSPS) is 13.9. The molecule has 2 aromatic carbocycles. The SMILES string of the molecule is CC(=O)c1cccc(NC(=O)N2CCCN2C(=O)Cc2ccc(S(C)(=O)=O)cc2)c1. The molecule has 1 aliphatic heterocycles. The molecule has 0 aliphatic carbocycles. The van der Waals surface area contributed by atoms with Crippen molar-refractivity contribution >= 4 is 33.2 Å². The molecule has 0 radical (unpaired) electrons. The van der Waals surface area contributed by atoms with Gasteiger partial charge >= 0.3 is 6.03 Å². The van der Waals surface area contributed by atoms with Gasteiger partial charge in [0.15, 0.2) is 15.6 Å². The average molecular weight is 429 g/mol. The Kier molecular flexibility index (Phi) is 6.21. The number of nitrogens with one attached hydrogen (secondary N) is 1. The van der Waals surface area contributed by atoms with Crippen LogP contribution in [0.25, 0.3) is 0 Å². The Hall–Kier alpha value is -3.20. The van der Waals surface area contributed by atoms with E-state index < -0.39 is 15.9 Å². The van der Waals surface area contributed by atoms with E-state index in [0.29, 0.717) is 36.3 Å². The third-order valence-electron chi connectivity index (χ3n) is 4.78. The second kappa shape index (κ2) is 8.66. The van der Waals surface area contributed by atoms with E-state index in [0.717, 1.165) is 6.26 Å². The van der Waals surface area contributed by atoms with E-state index in [2.05, 4.69) is 5.32 Å². The molecule has 8 nitrogen and oxygen atoms in total. The number of amides is 3. The van der Waals surface area contributed by atoms with Crippen molar-refractivity contribution in [3.05, 3.63) is 59.7 Å². The summed E-state index contributed by atoms with van der Waals surface area (Å²) in [4.78, 5) is 37.1. The predicted octanol–water partition coefficient (Wildman–Crippen LogP) is 2.52. The summed E-state index contributed by atoms with van der Waals surface area (Å²) in [6.45, 7) is 2.27. The van der Waals surface area contributed by atoms with Crippen molar-refractivity contribution in [3.8, 4) is 0 Å². The molecule has 2 aromatic rings. The first-order valence-corrected chi connectivity index (χ1v) is 11.3. The Morgan fingerprint density at radius 1 is 1.00 bits per heavy atom. The van der Waals surface area contributed by atoms with E-state index >= 15 is 0 Å². The number of urea groups is 1. The topological polar surface area (TPSA) is 104 Å². The number of carbonyl (C=O) groups is 3. The zero-order chi connectivity index (χ0) is 21.9. The minimum atomic E-state index is -3.30. The lowest BCUT2D eigenvalue weighted by Gasteiger charge is -2.28. The maximum atomic E-state index is 12.7. The van der Waals surface area contributed by atoms with Crippen molar-refractivity contribution in [2.75, 3.05) is 24.7 Å². The van der Waals surface area contributed by atoms with Gasteiger partial charge in [0.2, 0.25) is 5.91 Å². The summed E-state index contributed by atoms with van der Waals surface area (Å²) in [6, 6.07) is 12.3. The van der Waals surface area contributed by atoms with Crippen LogP contribution in [0.5, 0.6) is 0 Å². The van der Waals surface area contributed by atoms with Gasteiger partial charge in [0.05, 0.1) is 11.3 Å². The predicted molar refractivity (Wildman–Crippen MR) is 112 cm³/mol. The number of Topliss-reactive ketones (excluding diaryl/α,β-unsaturated/α-hetero) is 1. The molecule has 3 rings (SSSR count). The number of anilines is 1. The number of hydrogen-bond donors (Lipinski definition) is 1. The van der Waals surface area contributed by atoms with Gasteiger partial charge in [-0.25, -0.2) is 23.2 Å². The fourth-order valence-corrected chi connectivity index (χ4v) is 3.84. The fraction of sp³-hybridized carbons (Fsp3) is 0.286. The molecule has 0 bridgehead atoms. The maximum absolute atomic E-state index is 12.7. The highest BCUT2D eigenvalue weighted by atomic mass is 32.2. The van der Waals surface area contributed by atoms with E-state index in [1.807, 2.05) is 0 Å². The molecular formula is C21H23N3O5S. The van der Waals surface area contributed by atoms with Gasteiger partial charge in [-0.15, -0.1) is 0 Å². The van der Waals surface area contributed by atoms with Gasteiger partial charge in [-0.3, -0.25) is 9.59 Å². The standard InChI is InChI=1S/C21H23N3O5S/c1-15(25)17-5-3-6-18(14-17)22-21(27)24-12-4-11-23(24)20(26)13-16-7-9-19(10-8-16)30(2,28)29/h3,5-10,14H,4,11-13H2,1-2H3,(H,22,27). The molecule has 0 spiro atoms. The van der Waals surface area contributed by atoms with Gasteiger partial charge in [0.25, 0.3) is 0 Å². The molecule has 1 fully saturated rings. The molecule has 158 valence electrons. The van der Waals surface area contributed by atoms with Crippen LogP contribution in [0.4, 0.5) is 10.5 Å². The largest absolute Gasteiger partial charge is 0.340 e. The summed E-state index contributed by atoms with van der Waals surface area (Å²) < 4.78 is 23.1. The Bertz CT molecular complexity index is 1080. The van der Waals surface area contributed by atoms with Crippen LogP contribution in [0.3, 0.4) is 0 Å². The Balaban J connectivity index is 1.67. The number of hydrazine groups is 1. The van der Waals surface area contributed by atoms with Crippen LogP contribution in [0, 0.1) is 0 Å². The summed E-state index contributed by atoms with van der Waals surface area (Å²) in [5.41, 5.74) is 1.62. The molecule has 1 aliphatic rings. The monoisotopic (exact) mass is 429 g/mol. The second-order valence-corrected chi connectivity index (χ2v) is 9.17. The van der Waals surface area contributed by atoms with Gasteiger partial charge in [-0.05, 0) is 43.2 Å². The highest BCUT2D eigenvalue weighted by Gasteiger charge is 2.30. The summed E-state index contributed by atoms with van der Waals surface area (Å²) in [7, 11) is -3.30. The Labute approximate surface area is 175 Å². The lowest BCUT2D eigenvalue weighted by molar-refractivity contribution is -0.139. The lowest BCUT2D eigenvalue weighted by atomic mass is 10.1.